The van der Waals surface area contributed by atoms with Crippen LogP contribution in [-0.2, 0) is 16.0 Å². The summed E-state index contributed by atoms with van der Waals surface area (Å²) >= 11 is 0. The normalized spacial score (nSPS) is 28.6. The van der Waals surface area contributed by atoms with E-state index in [0.29, 0.717) is 24.0 Å². The summed E-state index contributed by atoms with van der Waals surface area (Å²) in [6, 6.07) is 2.18. The van der Waals surface area contributed by atoms with Crippen LogP contribution in [0, 0.1) is 29.6 Å². The molecule has 3 N–H and O–H groups in total. The van der Waals surface area contributed by atoms with Gasteiger partial charge >= 0.3 is 0 Å². The van der Waals surface area contributed by atoms with E-state index in [1.54, 1.807) is 6.92 Å². The van der Waals surface area contributed by atoms with Crippen molar-refractivity contribution < 1.29 is 24.9 Å². The van der Waals surface area contributed by atoms with Crippen LogP contribution < -0.4 is 0 Å². The lowest BCUT2D eigenvalue weighted by Gasteiger charge is -2.57. The largest absolute Gasteiger partial charge is 0.511 e. The predicted molar refractivity (Wildman–Crippen MR) is 150 cm³/mol. The smallest absolute Gasteiger partial charge is 0.209 e. The molecule has 0 unspecified atom stereocenters. The van der Waals surface area contributed by atoms with Crippen LogP contribution >= 0.6 is 0 Å². The summed E-state index contributed by atoms with van der Waals surface area (Å²) in [5.41, 5.74) is 1.55. The zero-order valence-electron chi connectivity index (χ0n) is 23.8. The number of ketones is 2. The van der Waals surface area contributed by atoms with Gasteiger partial charge in [-0.25, -0.2) is 0 Å². The molecule has 3 atom stereocenters. The molecule has 0 radical (unpaired) electrons. The van der Waals surface area contributed by atoms with E-state index >= 15 is 0 Å². The molecule has 0 spiro atoms. The molecule has 0 aromatic heterocycles. The first-order valence-electron chi connectivity index (χ1n) is 13.6. The maximum Gasteiger partial charge on any atom is 0.209 e. The molecule has 4 rings (SSSR count). The molecule has 0 heterocycles. The van der Waals surface area contributed by atoms with Gasteiger partial charge in [0.05, 0.1) is 0 Å². The van der Waals surface area contributed by atoms with Gasteiger partial charge in [-0.2, -0.15) is 0 Å². The molecule has 0 saturated heterocycles. The monoisotopic (exact) mass is 516 g/mol. The second-order valence-corrected chi connectivity index (χ2v) is 12.3. The van der Waals surface area contributed by atoms with Gasteiger partial charge in [0, 0.05) is 34.8 Å². The van der Waals surface area contributed by atoms with Gasteiger partial charge in [0.1, 0.15) is 17.1 Å². The summed E-state index contributed by atoms with van der Waals surface area (Å²) < 4.78 is 0. The number of hydrogen-bond acceptors (Lipinski definition) is 5. The highest BCUT2D eigenvalue weighted by atomic mass is 16.3. The topological polar surface area (TPSA) is 94.8 Å². The molecule has 38 heavy (non-hydrogen) atoms. The van der Waals surface area contributed by atoms with Crippen molar-refractivity contribution in [3.8, 4) is 11.8 Å². The lowest BCUT2D eigenvalue weighted by atomic mass is 9.48. The maximum atomic E-state index is 13.6. The van der Waals surface area contributed by atoms with E-state index in [2.05, 4.69) is 45.3 Å². The third kappa shape index (κ3) is 3.80. The molecule has 3 aliphatic rings. The Bertz CT molecular complexity index is 1390. The Kier molecular flexibility index (Phi) is 6.81. The van der Waals surface area contributed by atoms with Crippen LogP contribution in [-0.4, -0.2) is 32.5 Å². The molecule has 5 heteroatoms. The first-order valence-corrected chi connectivity index (χ1v) is 13.6. The zero-order valence-corrected chi connectivity index (χ0v) is 23.8. The van der Waals surface area contributed by atoms with Gasteiger partial charge in [-0.3, -0.25) is 9.59 Å². The highest BCUT2D eigenvalue weighted by Gasteiger charge is 2.67. The summed E-state index contributed by atoms with van der Waals surface area (Å²) in [7, 11) is 0. The van der Waals surface area contributed by atoms with Crippen molar-refractivity contribution in [3.63, 3.8) is 0 Å². The van der Waals surface area contributed by atoms with Crippen molar-refractivity contribution in [1.82, 2.24) is 0 Å². The minimum Gasteiger partial charge on any atom is -0.511 e. The minimum absolute atomic E-state index is 0.0846. The number of aliphatic hydroxyl groups is 3. The van der Waals surface area contributed by atoms with Crippen molar-refractivity contribution in [2.45, 2.75) is 98.5 Å². The van der Waals surface area contributed by atoms with Crippen LogP contribution in [0.4, 0.5) is 0 Å². The Labute approximate surface area is 226 Å². The molecule has 1 aromatic carbocycles. The first kappa shape index (κ1) is 27.9. The number of unbranched alkanes of at least 4 members (excludes halogenated alkanes) is 2. The second kappa shape index (κ2) is 9.27. The summed E-state index contributed by atoms with van der Waals surface area (Å²) in [6.07, 6.45) is 3.77. The van der Waals surface area contributed by atoms with Gasteiger partial charge in [0.25, 0.3) is 0 Å². The molecule has 3 aliphatic carbocycles. The molecule has 0 amide bonds. The summed E-state index contributed by atoms with van der Waals surface area (Å²) in [5.74, 6) is 4.51. The fourth-order valence-electron chi connectivity index (χ4n) is 7.23. The number of benzene rings is 1. The van der Waals surface area contributed by atoms with E-state index in [0.717, 1.165) is 41.5 Å². The number of carbonyl (C=O) groups is 2. The maximum absolute atomic E-state index is 13.6. The van der Waals surface area contributed by atoms with E-state index < -0.39 is 39.3 Å². The van der Waals surface area contributed by atoms with E-state index in [1.807, 2.05) is 13.8 Å². The highest BCUT2D eigenvalue weighted by molar-refractivity contribution is 6.24. The Morgan fingerprint density at radius 3 is 2.45 bits per heavy atom. The minimum atomic E-state index is -2.33. The Hall–Kier alpha value is -3.10. The van der Waals surface area contributed by atoms with Crippen LogP contribution in [0.2, 0.25) is 0 Å². The standard InChI is InChI=1S/C33H40O5/c1-9-10-11-12-13-22-14-23(18(2)3)24-15-31(7)17-32(8)16-25(35)27(21(6)34)29(36)33(32,38)30(37)28(31)20(5)26(24)19(22)4/h14,18,35,37-38H,5,9-11,15-17H2,1-4,6-8H3/t31-,32+,33+/m1/s1. The number of carbonyl (C=O) groups excluding carboxylic acids is 2. The Morgan fingerprint density at radius 2 is 1.87 bits per heavy atom. The van der Waals surface area contributed by atoms with Crippen LogP contribution in [0.25, 0.3) is 5.57 Å². The summed E-state index contributed by atoms with van der Waals surface area (Å²) in [4.78, 5) is 25.8. The van der Waals surface area contributed by atoms with Crippen molar-refractivity contribution in [1.29, 1.82) is 0 Å². The van der Waals surface area contributed by atoms with Crippen LogP contribution in [0.3, 0.4) is 0 Å². The van der Waals surface area contributed by atoms with Crippen molar-refractivity contribution >= 4 is 17.1 Å². The van der Waals surface area contributed by atoms with E-state index in [-0.39, 0.29) is 18.1 Å². The number of fused-ring (bicyclic) bond motifs is 3. The molecular weight excluding hydrogens is 476 g/mol. The zero-order chi connectivity index (χ0) is 28.4. The third-order valence-electron chi connectivity index (χ3n) is 8.99. The van der Waals surface area contributed by atoms with E-state index in [4.69, 9.17) is 0 Å². The summed E-state index contributed by atoms with van der Waals surface area (Å²) in [5, 5.41) is 34.4. The van der Waals surface area contributed by atoms with E-state index in [9.17, 15) is 24.9 Å². The first-order chi connectivity index (χ1) is 17.6. The van der Waals surface area contributed by atoms with Gasteiger partial charge in [0.15, 0.2) is 11.4 Å². The quantitative estimate of drug-likeness (QED) is 0.239. The van der Waals surface area contributed by atoms with Crippen LogP contribution in [0.1, 0.15) is 107 Å². The molecule has 0 aliphatic heterocycles. The van der Waals surface area contributed by atoms with Crippen LogP contribution in [0.15, 0.2) is 35.3 Å². The molecule has 1 aromatic rings. The highest BCUT2D eigenvalue weighted by Crippen LogP contribution is 2.64. The average molecular weight is 517 g/mol. The van der Waals surface area contributed by atoms with Crippen molar-refractivity contribution in [2.24, 2.45) is 10.8 Å². The number of allylic oxidation sites excluding steroid dienone is 3. The third-order valence-corrected chi connectivity index (χ3v) is 8.99. The van der Waals surface area contributed by atoms with Crippen LogP contribution in [0.5, 0.6) is 0 Å². The molecule has 0 bridgehead atoms. The van der Waals surface area contributed by atoms with Gasteiger partial charge in [-0.15, -0.1) is 0 Å². The Balaban J connectivity index is 1.99. The second-order valence-electron chi connectivity index (χ2n) is 12.3. The SMILES string of the molecule is C=C1C2=C(O)[C@@]3(O)C(=O)C(C(C)=O)=C(O)C[C@@]3(C)C[C@@]2(C)Cc2c(C(C)C)cc(C#CCCCC)c(C)c21. The molecule has 0 fully saturated rings. The number of hydrogen-bond donors (Lipinski definition) is 3. The van der Waals surface area contributed by atoms with Gasteiger partial charge in [0.2, 0.25) is 5.78 Å². The van der Waals surface area contributed by atoms with Crippen molar-refractivity contribution in [3.05, 3.63) is 63.1 Å². The molecular formula is C33H40O5. The fourth-order valence-corrected chi connectivity index (χ4v) is 7.23. The summed E-state index contributed by atoms with van der Waals surface area (Å²) in [6.45, 7) is 17.8. The number of aliphatic hydroxyl groups excluding tert-OH is 2. The lowest BCUT2D eigenvalue weighted by molar-refractivity contribution is -0.158. The predicted octanol–water partition coefficient (Wildman–Crippen LogP) is 6.56. The fraction of sp³-hybridized carbons (Fsp3) is 0.515. The van der Waals surface area contributed by atoms with Gasteiger partial charge in [-0.05, 0) is 72.9 Å². The van der Waals surface area contributed by atoms with Gasteiger partial charge in [-0.1, -0.05) is 59.5 Å². The lowest BCUT2D eigenvalue weighted by Crippen LogP contribution is -2.63. The van der Waals surface area contributed by atoms with Gasteiger partial charge < -0.3 is 15.3 Å². The molecule has 5 nitrogen and oxygen atoms in total. The van der Waals surface area contributed by atoms with Crippen molar-refractivity contribution in [2.75, 3.05) is 0 Å². The van der Waals surface area contributed by atoms with E-state index in [1.165, 1.54) is 12.5 Å². The number of Topliss-reactive ketones (excluding diaryl/α,β-unsaturated/α-hetero) is 2. The average Bonchev–Trinajstić information content (AvgIpc) is 2.79. The Morgan fingerprint density at radius 1 is 1.21 bits per heavy atom. The number of rotatable bonds is 4. The molecule has 0 saturated carbocycles. The molecule has 202 valence electrons.